The summed E-state index contributed by atoms with van der Waals surface area (Å²) < 4.78 is 0. The Morgan fingerprint density at radius 2 is 1.86 bits per heavy atom. The molecule has 112 valence electrons. The molecular weight excluding hydrogens is 286 g/mol. The van der Waals surface area contributed by atoms with Crippen molar-refractivity contribution >= 4 is 29.8 Å². The van der Waals surface area contributed by atoms with E-state index in [0.29, 0.717) is 13.1 Å². The van der Waals surface area contributed by atoms with E-state index in [0.717, 1.165) is 29.7 Å². The third kappa shape index (κ3) is 4.60. The smallest absolute Gasteiger partial charge is 0.329 e. The Morgan fingerprint density at radius 1 is 1.19 bits per heavy atom. The van der Waals surface area contributed by atoms with E-state index in [1.807, 2.05) is 30.5 Å². The fourth-order valence-corrected chi connectivity index (χ4v) is 2.55. The van der Waals surface area contributed by atoms with Crippen LogP contribution < -0.4 is 5.43 Å². The van der Waals surface area contributed by atoms with Crippen molar-refractivity contribution in [2.24, 2.45) is 5.10 Å². The average molecular weight is 305 g/mol. The molecule has 0 spiro atoms. The molecule has 0 aliphatic carbocycles. The predicted molar refractivity (Wildman–Crippen MR) is 84.4 cm³/mol. The summed E-state index contributed by atoms with van der Waals surface area (Å²) in [6.45, 7) is 1.32. The first-order valence-electron chi connectivity index (χ1n) is 6.97. The van der Waals surface area contributed by atoms with Gasteiger partial charge in [0.15, 0.2) is 0 Å². The van der Waals surface area contributed by atoms with Gasteiger partial charge in [0.05, 0.1) is 6.21 Å². The zero-order valence-corrected chi connectivity index (χ0v) is 12.9. The average Bonchev–Trinajstić information content (AvgIpc) is 2.55. The molecule has 1 aliphatic rings. The third-order valence-corrected chi connectivity index (χ3v) is 4.08. The molecule has 1 aliphatic heterocycles. The Bertz CT molecular complexity index is 522. The number of hydrogen-bond donors (Lipinski definition) is 1. The Balaban J connectivity index is 1.84. The Labute approximate surface area is 128 Å². The molecule has 0 atom stereocenters. The first-order valence-corrected chi connectivity index (χ1v) is 8.19. The molecule has 5 nitrogen and oxygen atoms in total. The van der Waals surface area contributed by atoms with Gasteiger partial charge in [-0.15, -0.1) is 11.8 Å². The highest BCUT2D eigenvalue weighted by atomic mass is 32.2. The number of carbonyl (C=O) groups is 2. The highest BCUT2D eigenvalue weighted by Crippen LogP contribution is 2.13. The van der Waals surface area contributed by atoms with Crippen molar-refractivity contribution in [2.45, 2.75) is 24.2 Å². The van der Waals surface area contributed by atoms with Crippen LogP contribution >= 0.6 is 11.8 Å². The van der Waals surface area contributed by atoms with E-state index in [1.54, 1.807) is 16.7 Å². The molecule has 1 heterocycles. The zero-order valence-electron chi connectivity index (χ0n) is 12.0. The molecule has 0 radical (unpaired) electrons. The minimum Gasteiger partial charge on any atom is -0.334 e. The van der Waals surface area contributed by atoms with Gasteiger partial charge in [0.1, 0.15) is 0 Å². The van der Waals surface area contributed by atoms with Crippen molar-refractivity contribution in [3.8, 4) is 0 Å². The van der Waals surface area contributed by atoms with Gasteiger partial charge in [0.2, 0.25) is 0 Å². The van der Waals surface area contributed by atoms with Crippen LogP contribution in [0.2, 0.25) is 0 Å². The third-order valence-electron chi connectivity index (χ3n) is 3.33. The van der Waals surface area contributed by atoms with Crippen molar-refractivity contribution < 1.29 is 9.59 Å². The first kappa shape index (κ1) is 15.6. The molecule has 1 aromatic carbocycles. The number of nitrogens with one attached hydrogen (secondary N) is 1. The van der Waals surface area contributed by atoms with Crippen LogP contribution in [-0.2, 0) is 9.59 Å². The van der Waals surface area contributed by atoms with Crippen LogP contribution in [0.15, 0.2) is 34.3 Å². The highest BCUT2D eigenvalue weighted by Gasteiger charge is 2.22. The summed E-state index contributed by atoms with van der Waals surface area (Å²) in [4.78, 5) is 26.3. The van der Waals surface area contributed by atoms with Gasteiger partial charge in [0.25, 0.3) is 0 Å². The van der Waals surface area contributed by atoms with Crippen LogP contribution in [0.1, 0.15) is 24.8 Å². The topological polar surface area (TPSA) is 61.8 Å². The normalized spacial score (nSPS) is 15.2. The molecule has 6 heteroatoms. The standard InChI is InChI=1S/C15H19N3O2S/c1-21-13-7-5-12(6-8-13)11-16-17-14(19)15(20)18-9-3-2-4-10-18/h5-8,11H,2-4,9-10H2,1H3,(H,17,19)/b16-11-. The van der Waals surface area contributed by atoms with Crippen LogP contribution in [0.5, 0.6) is 0 Å². The van der Waals surface area contributed by atoms with Crippen LogP contribution in [0, 0.1) is 0 Å². The minimum absolute atomic E-state index is 0.496. The number of hydrogen-bond acceptors (Lipinski definition) is 4. The lowest BCUT2D eigenvalue weighted by Gasteiger charge is -2.25. The second kappa shape index (κ2) is 7.83. The maximum absolute atomic E-state index is 11.9. The summed E-state index contributed by atoms with van der Waals surface area (Å²) in [5, 5.41) is 3.83. The highest BCUT2D eigenvalue weighted by molar-refractivity contribution is 7.98. The van der Waals surface area contributed by atoms with Crippen molar-refractivity contribution in [1.29, 1.82) is 0 Å². The van der Waals surface area contributed by atoms with Crippen LogP contribution in [0.25, 0.3) is 0 Å². The SMILES string of the molecule is CSc1ccc(/C=N\NC(=O)C(=O)N2CCCCC2)cc1. The van der Waals surface area contributed by atoms with E-state index in [4.69, 9.17) is 0 Å². The minimum atomic E-state index is -0.672. The lowest BCUT2D eigenvalue weighted by atomic mass is 10.1. The largest absolute Gasteiger partial charge is 0.334 e. The number of likely N-dealkylation sites (tertiary alicyclic amines) is 1. The van der Waals surface area contributed by atoms with E-state index in [-0.39, 0.29) is 0 Å². The molecule has 1 aromatic rings. The molecule has 0 aromatic heterocycles. The van der Waals surface area contributed by atoms with Gasteiger partial charge < -0.3 is 4.90 Å². The summed E-state index contributed by atoms with van der Waals surface area (Å²) >= 11 is 1.66. The molecule has 0 saturated carbocycles. The number of benzene rings is 1. The van der Waals surface area contributed by atoms with E-state index < -0.39 is 11.8 Å². The molecule has 21 heavy (non-hydrogen) atoms. The second-order valence-corrected chi connectivity index (χ2v) is 5.70. The number of amides is 2. The van der Waals surface area contributed by atoms with E-state index in [1.165, 1.54) is 6.21 Å². The second-order valence-electron chi connectivity index (χ2n) is 4.83. The summed E-state index contributed by atoms with van der Waals surface area (Å²) in [6.07, 6.45) is 6.59. The fourth-order valence-electron chi connectivity index (χ4n) is 2.14. The quantitative estimate of drug-likeness (QED) is 0.401. The summed E-state index contributed by atoms with van der Waals surface area (Å²) in [6, 6.07) is 7.78. The van der Waals surface area contributed by atoms with Crippen LogP contribution in [-0.4, -0.2) is 42.3 Å². The van der Waals surface area contributed by atoms with Crippen LogP contribution in [0.3, 0.4) is 0 Å². The van der Waals surface area contributed by atoms with Gasteiger partial charge in [-0.05, 0) is 43.2 Å². The number of nitrogens with zero attached hydrogens (tertiary/aromatic N) is 2. The monoisotopic (exact) mass is 305 g/mol. The van der Waals surface area contributed by atoms with Crippen molar-refractivity contribution in [3.63, 3.8) is 0 Å². The molecule has 1 fully saturated rings. The number of thioether (sulfide) groups is 1. The molecule has 2 amide bonds. The van der Waals surface area contributed by atoms with Gasteiger partial charge >= 0.3 is 11.8 Å². The van der Waals surface area contributed by atoms with Gasteiger partial charge in [-0.2, -0.15) is 5.10 Å². The fraction of sp³-hybridized carbons (Fsp3) is 0.400. The summed E-state index contributed by atoms with van der Waals surface area (Å²) in [5.41, 5.74) is 3.16. The molecule has 1 saturated heterocycles. The molecule has 1 N–H and O–H groups in total. The van der Waals surface area contributed by atoms with Gasteiger partial charge in [-0.3, -0.25) is 9.59 Å². The predicted octanol–water partition coefficient (Wildman–Crippen LogP) is 1.87. The van der Waals surface area contributed by atoms with E-state index in [9.17, 15) is 9.59 Å². The molecule has 0 unspecified atom stereocenters. The van der Waals surface area contributed by atoms with Crippen molar-refractivity contribution in [1.82, 2.24) is 10.3 Å². The van der Waals surface area contributed by atoms with Crippen molar-refractivity contribution in [2.75, 3.05) is 19.3 Å². The first-order chi connectivity index (χ1) is 10.2. The molecule has 0 bridgehead atoms. The van der Waals surface area contributed by atoms with Gasteiger partial charge in [0, 0.05) is 18.0 Å². The Hall–Kier alpha value is -1.82. The van der Waals surface area contributed by atoms with E-state index in [2.05, 4.69) is 10.5 Å². The Morgan fingerprint density at radius 3 is 2.48 bits per heavy atom. The number of rotatable bonds is 3. The van der Waals surface area contributed by atoms with Gasteiger partial charge in [-0.25, -0.2) is 5.43 Å². The summed E-state index contributed by atoms with van der Waals surface area (Å²) in [5.74, 6) is -1.17. The maximum atomic E-state index is 11.9. The number of piperidine rings is 1. The van der Waals surface area contributed by atoms with Crippen LogP contribution in [0.4, 0.5) is 0 Å². The summed E-state index contributed by atoms with van der Waals surface area (Å²) in [7, 11) is 0. The van der Waals surface area contributed by atoms with Gasteiger partial charge in [-0.1, -0.05) is 12.1 Å². The van der Waals surface area contributed by atoms with E-state index >= 15 is 0 Å². The maximum Gasteiger partial charge on any atom is 0.329 e. The number of hydrazone groups is 1. The molecular formula is C15H19N3O2S. The zero-order chi connectivity index (χ0) is 15.1. The Kier molecular flexibility index (Phi) is 5.80. The lowest BCUT2D eigenvalue weighted by Crippen LogP contribution is -2.43. The van der Waals surface area contributed by atoms with Crippen molar-refractivity contribution in [3.05, 3.63) is 29.8 Å². The number of carbonyl (C=O) groups excluding carboxylic acids is 2. The molecule has 2 rings (SSSR count). The lowest BCUT2D eigenvalue weighted by molar-refractivity contribution is -0.146.